The standard InChI is InChI=1S/C18H25NO.ClH/c1-3-19(4-2)13-12-16(14-20)18-11-7-9-15-8-5-6-10-17(15)18;/h5-11,16,20H,3-4,12-14H2,1-2H3;1H. The molecule has 21 heavy (non-hydrogen) atoms. The van der Waals surface area contributed by atoms with Gasteiger partial charge >= 0.3 is 0 Å². The normalized spacial score (nSPS) is 12.4. The van der Waals surface area contributed by atoms with Crippen LogP contribution < -0.4 is 0 Å². The fraction of sp³-hybridized carbons (Fsp3) is 0.444. The van der Waals surface area contributed by atoms with Crippen LogP contribution in [0.15, 0.2) is 42.5 Å². The van der Waals surface area contributed by atoms with Gasteiger partial charge in [-0.25, -0.2) is 0 Å². The van der Waals surface area contributed by atoms with E-state index >= 15 is 0 Å². The van der Waals surface area contributed by atoms with E-state index in [1.54, 1.807) is 0 Å². The molecule has 0 aliphatic heterocycles. The zero-order chi connectivity index (χ0) is 14.4. The van der Waals surface area contributed by atoms with Crippen LogP contribution in [-0.4, -0.2) is 36.2 Å². The van der Waals surface area contributed by atoms with Gasteiger partial charge in [0.1, 0.15) is 0 Å². The molecule has 1 N–H and O–H groups in total. The molecule has 0 saturated carbocycles. The average molecular weight is 308 g/mol. The van der Waals surface area contributed by atoms with E-state index in [2.05, 4.69) is 61.2 Å². The second kappa shape index (κ2) is 9.04. The van der Waals surface area contributed by atoms with E-state index in [1.165, 1.54) is 16.3 Å². The van der Waals surface area contributed by atoms with Crippen molar-refractivity contribution < 1.29 is 5.11 Å². The minimum atomic E-state index is 0. The Bertz CT molecular complexity index is 534. The van der Waals surface area contributed by atoms with Crippen molar-refractivity contribution in [2.24, 2.45) is 0 Å². The molecule has 0 bridgehead atoms. The predicted molar refractivity (Wildman–Crippen MR) is 93.4 cm³/mol. The molecule has 0 saturated heterocycles. The molecule has 2 aromatic rings. The van der Waals surface area contributed by atoms with E-state index in [9.17, 15) is 5.11 Å². The monoisotopic (exact) mass is 307 g/mol. The first-order chi connectivity index (χ1) is 9.80. The molecule has 0 radical (unpaired) electrons. The second-order valence-electron chi connectivity index (χ2n) is 5.26. The highest BCUT2D eigenvalue weighted by molar-refractivity contribution is 5.86. The van der Waals surface area contributed by atoms with E-state index in [4.69, 9.17) is 0 Å². The molecule has 3 heteroatoms. The topological polar surface area (TPSA) is 23.5 Å². The summed E-state index contributed by atoms with van der Waals surface area (Å²) >= 11 is 0. The lowest BCUT2D eigenvalue weighted by Crippen LogP contribution is -2.26. The first kappa shape index (κ1) is 18.0. The molecule has 1 atom stereocenters. The number of benzene rings is 2. The quantitative estimate of drug-likeness (QED) is 0.833. The Hall–Kier alpha value is -1.09. The summed E-state index contributed by atoms with van der Waals surface area (Å²) in [6.07, 6.45) is 1.01. The summed E-state index contributed by atoms with van der Waals surface area (Å²) in [5.41, 5.74) is 1.28. The van der Waals surface area contributed by atoms with E-state index in [1.807, 2.05) is 0 Å². The highest BCUT2D eigenvalue weighted by Gasteiger charge is 2.14. The summed E-state index contributed by atoms with van der Waals surface area (Å²) < 4.78 is 0. The number of hydrogen-bond acceptors (Lipinski definition) is 2. The van der Waals surface area contributed by atoms with E-state index in [0.717, 1.165) is 26.1 Å². The fourth-order valence-corrected chi connectivity index (χ4v) is 2.83. The van der Waals surface area contributed by atoms with Crippen molar-refractivity contribution in [2.45, 2.75) is 26.2 Å². The van der Waals surface area contributed by atoms with Gasteiger partial charge in [-0.05, 0) is 42.4 Å². The molecule has 2 rings (SSSR count). The lowest BCUT2D eigenvalue weighted by molar-refractivity contribution is 0.232. The minimum absolute atomic E-state index is 0. The summed E-state index contributed by atoms with van der Waals surface area (Å²) in [6, 6.07) is 14.8. The highest BCUT2D eigenvalue weighted by Crippen LogP contribution is 2.27. The number of hydrogen-bond donors (Lipinski definition) is 1. The molecular weight excluding hydrogens is 282 g/mol. The summed E-state index contributed by atoms with van der Waals surface area (Å²) in [5, 5.41) is 12.3. The smallest absolute Gasteiger partial charge is 0.0500 e. The van der Waals surface area contributed by atoms with Crippen LogP contribution in [-0.2, 0) is 0 Å². The summed E-state index contributed by atoms with van der Waals surface area (Å²) in [6.45, 7) is 7.79. The van der Waals surface area contributed by atoms with Crippen molar-refractivity contribution in [1.82, 2.24) is 4.90 Å². The first-order valence-electron chi connectivity index (χ1n) is 7.61. The average Bonchev–Trinajstić information content (AvgIpc) is 2.51. The molecule has 2 aromatic carbocycles. The van der Waals surface area contributed by atoms with Crippen molar-refractivity contribution in [1.29, 1.82) is 0 Å². The molecule has 0 aliphatic rings. The highest BCUT2D eigenvalue weighted by atomic mass is 35.5. The SMILES string of the molecule is CCN(CC)CCC(CO)c1cccc2ccccc12.Cl. The maximum Gasteiger partial charge on any atom is 0.0500 e. The Morgan fingerprint density at radius 2 is 1.67 bits per heavy atom. The molecule has 2 nitrogen and oxygen atoms in total. The van der Waals surface area contributed by atoms with Gasteiger partial charge in [0.15, 0.2) is 0 Å². The van der Waals surface area contributed by atoms with Crippen molar-refractivity contribution in [3.05, 3.63) is 48.0 Å². The third-order valence-corrected chi connectivity index (χ3v) is 4.17. The first-order valence-corrected chi connectivity index (χ1v) is 7.61. The van der Waals surface area contributed by atoms with Crippen molar-refractivity contribution in [2.75, 3.05) is 26.2 Å². The number of rotatable bonds is 7. The van der Waals surface area contributed by atoms with Gasteiger partial charge in [-0.1, -0.05) is 56.3 Å². The Kier molecular flexibility index (Phi) is 7.73. The van der Waals surface area contributed by atoms with Crippen LogP contribution in [0.25, 0.3) is 10.8 Å². The molecule has 0 aromatic heterocycles. The number of aliphatic hydroxyl groups is 1. The van der Waals surface area contributed by atoms with Crippen LogP contribution in [0.3, 0.4) is 0 Å². The van der Waals surface area contributed by atoms with Gasteiger partial charge < -0.3 is 10.0 Å². The molecule has 0 spiro atoms. The Morgan fingerprint density at radius 3 is 2.33 bits per heavy atom. The van der Waals surface area contributed by atoms with Gasteiger partial charge in [-0.2, -0.15) is 0 Å². The maximum absolute atomic E-state index is 9.78. The molecule has 0 fully saturated rings. The molecular formula is C18H26ClNO. The molecule has 0 aliphatic carbocycles. The number of fused-ring (bicyclic) bond motifs is 1. The van der Waals surface area contributed by atoms with Crippen LogP contribution in [0, 0.1) is 0 Å². The summed E-state index contributed by atoms with van der Waals surface area (Å²) in [7, 11) is 0. The second-order valence-corrected chi connectivity index (χ2v) is 5.26. The van der Waals surface area contributed by atoms with E-state index in [0.29, 0.717) is 0 Å². The van der Waals surface area contributed by atoms with Gasteiger partial charge in [-0.3, -0.25) is 0 Å². The molecule has 0 amide bonds. The van der Waals surface area contributed by atoms with Crippen LogP contribution >= 0.6 is 12.4 Å². The third kappa shape index (κ3) is 4.44. The fourth-order valence-electron chi connectivity index (χ4n) is 2.83. The minimum Gasteiger partial charge on any atom is -0.396 e. The van der Waals surface area contributed by atoms with Gasteiger partial charge in [0.2, 0.25) is 0 Å². The van der Waals surface area contributed by atoms with Crippen LogP contribution in [0.2, 0.25) is 0 Å². The van der Waals surface area contributed by atoms with Gasteiger partial charge in [0, 0.05) is 12.5 Å². The van der Waals surface area contributed by atoms with Crippen molar-refractivity contribution in [3.63, 3.8) is 0 Å². The molecule has 1 unspecified atom stereocenters. The van der Waals surface area contributed by atoms with Crippen molar-refractivity contribution >= 4 is 23.2 Å². The van der Waals surface area contributed by atoms with Crippen LogP contribution in [0.5, 0.6) is 0 Å². The zero-order valence-electron chi connectivity index (χ0n) is 13.0. The van der Waals surface area contributed by atoms with Crippen LogP contribution in [0.4, 0.5) is 0 Å². The number of aliphatic hydroxyl groups excluding tert-OH is 1. The Labute approximate surface area is 134 Å². The Morgan fingerprint density at radius 1 is 1.00 bits per heavy atom. The van der Waals surface area contributed by atoms with Crippen LogP contribution in [0.1, 0.15) is 31.7 Å². The predicted octanol–water partition coefficient (Wildman–Crippen LogP) is 4.07. The lowest BCUT2D eigenvalue weighted by Gasteiger charge is -2.22. The summed E-state index contributed by atoms with van der Waals surface area (Å²) in [5.74, 6) is 0.224. The molecule has 116 valence electrons. The van der Waals surface area contributed by atoms with Crippen molar-refractivity contribution in [3.8, 4) is 0 Å². The molecule has 0 heterocycles. The third-order valence-electron chi connectivity index (χ3n) is 4.17. The largest absolute Gasteiger partial charge is 0.396 e. The Balaban J connectivity index is 0.00000220. The van der Waals surface area contributed by atoms with Gasteiger partial charge in [0.25, 0.3) is 0 Å². The lowest BCUT2D eigenvalue weighted by atomic mass is 9.91. The van der Waals surface area contributed by atoms with E-state index in [-0.39, 0.29) is 24.9 Å². The maximum atomic E-state index is 9.78. The van der Waals surface area contributed by atoms with Gasteiger partial charge in [0.05, 0.1) is 0 Å². The number of halogens is 1. The number of nitrogens with zero attached hydrogens (tertiary/aromatic N) is 1. The summed E-state index contributed by atoms with van der Waals surface area (Å²) in [4.78, 5) is 2.41. The van der Waals surface area contributed by atoms with Gasteiger partial charge in [-0.15, -0.1) is 12.4 Å². The zero-order valence-corrected chi connectivity index (χ0v) is 13.8. The van der Waals surface area contributed by atoms with E-state index < -0.39 is 0 Å².